The van der Waals surface area contributed by atoms with E-state index in [1.54, 1.807) is 20.8 Å². The largest absolute Gasteiger partial charge is 0.352 e. The number of carbonyl (C=O) groups excluding carboxylic acids is 1. The van der Waals surface area contributed by atoms with Gasteiger partial charge in [-0.05, 0) is 26.3 Å². The molecule has 3 N–H and O–H groups in total. The summed E-state index contributed by atoms with van der Waals surface area (Å²) in [4.78, 5) is 24.2. The number of rotatable bonds is 4. The van der Waals surface area contributed by atoms with Crippen LogP contribution in [0.1, 0.15) is 20.8 Å². The molecule has 0 saturated carbocycles. The molecule has 0 spiro atoms. The van der Waals surface area contributed by atoms with E-state index in [0.29, 0.717) is 22.3 Å². The first kappa shape index (κ1) is 16.1. The zero-order chi connectivity index (χ0) is 15.3. The highest BCUT2D eigenvalue weighted by Crippen LogP contribution is 1.94. The van der Waals surface area contributed by atoms with Gasteiger partial charge in [-0.3, -0.25) is 14.2 Å². The van der Waals surface area contributed by atoms with Gasteiger partial charge in [-0.2, -0.15) is 5.26 Å². The molecule has 1 aromatic rings. The molecule has 0 aromatic carbocycles. The molecule has 108 valence electrons. The Labute approximate surface area is 120 Å². The Morgan fingerprint density at radius 1 is 1.50 bits per heavy atom. The molecule has 0 bridgehead atoms. The number of hydrogen-bond donors (Lipinski definition) is 2. The Bertz CT molecular complexity index is 721. The number of aromatic nitrogens is 1. The maximum absolute atomic E-state index is 12.3. The summed E-state index contributed by atoms with van der Waals surface area (Å²) in [6, 6.07) is 1.89. The summed E-state index contributed by atoms with van der Waals surface area (Å²) in [7, 11) is 0. The van der Waals surface area contributed by atoms with Gasteiger partial charge in [0.05, 0.1) is 4.53 Å². The van der Waals surface area contributed by atoms with E-state index >= 15 is 0 Å². The lowest BCUT2D eigenvalue weighted by molar-refractivity contribution is -0.115. The Morgan fingerprint density at radius 3 is 2.60 bits per heavy atom. The second kappa shape index (κ2) is 7.03. The van der Waals surface area contributed by atoms with Crippen LogP contribution in [0.3, 0.4) is 0 Å². The fourth-order valence-electron chi connectivity index (χ4n) is 1.69. The van der Waals surface area contributed by atoms with E-state index in [0.717, 1.165) is 16.9 Å². The maximum atomic E-state index is 12.3. The van der Waals surface area contributed by atoms with Gasteiger partial charge in [0.15, 0.2) is 5.57 Å². The number of thiazole rings is 1. The van der Waals surface area contributed by atoms with Crippen molar-refractivity contribution in [2.75, 3.05) is 13.1 Å². The van der Waals surface area contributed by atoms with Crippen LogP contribution in [0.4, 0.5) is 0 Å². The van der Waals surface area contributed by atoms with Gasteiger partial charge in [-0.25, -0.2) is 0 Å². The summed E-state index contributed by atoms with van der Waals surface area (Å²) < 4.78 is 2.32. The Hall–Kier alpha value is -1.91. The standard InChI is InChI=1S/C13H18N4O2S/c1-4-16-11(18)9(7-15)13-17(5-2)12(19)10(20-13)8(3)6-14/h4-6,14H2,1-3H3,(H,16,18)/b10-8+,13-9-. The summed E-state index contributed by atoms with van der Waals surface area (Å²) in [6.07, 6.45) is 0. The number of nitrogens with zero attached hydrogens (tertiary/aromatic N) is 2. The average Bonchev–Trinajstić information content (AvgIpc) is 2.76. The molecule has 0 aliphatic rings. The molecule has 0 atom stereocenters. The van der Waals surface area contributed by atoms with E-state index in [-0.39, 0.29) is 17.7 Å². The third kappa shape index (κ3) is 2.98. The Morgan fingerprint density at radius 2 is 2.15 bits per heavy atom. The van der Waals surface area contributed by atoms with Crippen LogP contribution in [0.2, 0.25) is 0 Å². The third-order valence-corrected chi connectivity index (χ3v) is 4.13. The van der Waals surface area contributed by atoms with Crippen molar-refractivity contribution >= 4 is 28.4 Å². The second-order valence-electron chi connectivity index (χ2n) is 4.12. The van der Waals surface area contributed by atoms with Gasteiger partial charge in [0.25, 0.3) is 11.5 Å². The van der Waals surface area contributed by atoms with E-state index in [4.69, 9.17) is 5.73 Å². The van der Waals surface area contributed by atoms with Gasteiger partial charge >= 0.3 is 0 Å². The molecule has 0 unspecified atom stereocenters. The molecule has 7 heteroatoms. The highest BCUT2D eigenvalue weighted by atomic mass is 32.1. The molecule has 0 saturated heterocycles. The lowest BCUT2D eigenvalue weighted by Crippen LogP contribution is -2.35. The topological polar surface area (TPSA) is 101 Å². The lowest BCUT2D eigenvalue weighted by Gasteiger charge is -2.00. The number of carbonyl (C=O) groups is 1. The van der Waals surface area contributed by atoms with Crippen LogP contribution in [-0.4, -0.2) is 23.6 Å². The summed E-state index contributed by atoms with van der Waals surface area (Å²) in [5, 5.41) is 11.8. The van der Waals surface area contributed by atoms with Gasteiger partial charge in [-0.15, -0.1) is 11.3 Å². The number of nitriles is 1. The summed E-state index contributed by atoms with van der Waals surface area (Å²) in [5.74, 6) is -0.463. The molecular weight excluding hydrogens is 276 g/mol. The highest BCUT2D eigenvalue weighted by Gasteiger charge is 2.14. The molecule has 0 radical (unpaired) electrons. The van der Waals surface area contributed by atoms with E-state index in [1.807, 2.05) is 6.07 Å². The number of nitrogens with two attached hydrogens (primary N) is 1. The second-order valence-corrected chi connectivity index (χ2v) is 5.12. The van der Waals surface area contributed by atoms with Crippen LogP contribution in [0.5, 0.6) is 0 Å². The minimum absolute atomic E-state index is 0.0353. The molecule has 1 heterocycles. The van der Waals surface area contributed by atoms with Crippen molar-refractivity contribution in [3.63, 3.8) is 0 Å². The fraction of sp³-hybridized carbons (Fsp3) is 0.462. The Kier molecular flexibility index (Phi) is 5.67. The minimum Gasteiger partial charge on any atom is -0.352 e. The Balaban J connectivity index is 3.82. The summed E-state index contributed by atoms with van der Waals surface area (Å²) in [6.45, 7) is 6.43. The fourth-order valence-corrected chi connectivity index (χ4v) is 2.90. The van der Waals surface area contributed by atoms with Crippen molar-refractivity contribution in [2.45, 2.75) is 27.3 Å². The molecule has 1 rings (SSSR count). The van der Waals surface area contributed by atoms with Gasteiger partial charge < -0.3 is 11.1 Å². The summed E-state index contributed by atoms with van der Waals surface area (Å²) in [5.41, 5.74) is 6.08. The van der Waals surface area contributed by atoms with E-state index < -0.39 is 5.91 Å². The molecule has 1 aromatic heterocycles. The first-order valence-corrected chi connectivity index (χ1v) is 7.15. The molecule has 0 aliphatic carbocycles. The maximum Gasteiger partial charge on any atom is 0.269 e. The quantitative estimate of drug-likeness (QED) is 0.733. The van der Waals surface area contributed by atoms with E-state index in [2.05, 4.69) is 5.32 Å². The van der Waals surface area contributed by atoms with E-state index in [9.17, 15) is 14.9 Å². The van der Waals surface area contributed by atoms with Crippen LogP contribution >= 0.6 is 11.3 Å². The first-order chi connectivity index (χ1) is 9.51. The normalized spacial score (nSPS) is 13.6. The summed E-state index contributed by atoms with van der Waals surface area (Å²) >= 11 is 1.14. The highest BCUT2D eigenvalue weighted by molar-refractivity contribution is 7.07. The minimum atomic E-state index is -0.463. The molecule has 0 aliphatic heterocycles. The SMILES string of the molecule is CCNC(=O)/C(C#N)=c1\s/c(=C(\C)CN)c(=O)n1CC. The molecular formula is C13H18N4O2S. The smallest absolute Gasteiger partial charge is 0.269 e. The van der Waals surface area contributed by atoms with Crippen molar-refractivity contribution in [3.8, 4) is 6.07 Å². The lowest BCUT2D eigenvalue weighted by atomic mass is 10.3. The van der Waals surface area contributed by atoms with Crippen molar-refractivity contribution in [3.05, 3.63) is 19.5 Å². The van der Waals surface area contributed by atoms with Crippen molar-refractivity contribution in [1.29, 1.82) is 5.26 Å². The molecule has 6 nitrogen and oxygen atoms in total. The van der Waals surface area contributed by atoms with Crippen LogP contribution < -0.4 is 25.8 Å². The number of amides is 1. The predicted octanol–water partition coefficient (Wildman–Crippen LogP) is -1.13. The van der Waals surface area contributed by atoms with Gasteiger partial charge in [0, 0.05) is 19.6 Å². The third-order valence-electron chi connectivity index (χ3n) is 2.78. The average molecular weight is 294 g/mol. The zero-order valence-electron chi connectivity index (χ0n) is 11.8. The zero-order valence-corrected chi connectivity index (χ0v) is 12.6. The van der Waals surface area contributed by atoms with Crippen molar-refractivity contribution < 1.29 is 4.79 Å². The monoisotopic (exact) mass is 294 g/mol. The van der Waals surface area contributed by atoms with Crippen molar-refractivity contribution in [1.82, 2.24) is 9.88 Å². The predicted molar refractivity (Wildman–Crippen MR) is 79.3 cm³/mol. The van der Waals surface area contributed by atoms with Gasteiger partial charge in [0.2, 0.25) is 0 Å². The van der Waals surface area contributed by atoms with Crippen LogP contribution in [0, 0.1) is 11.3 Å². The number of hydrogen-bond acceptors (Lipinski definition) is 5. The molecule has 1 amide bonds. The van der Waals surface area contributed by atoms with Gasteiger partial charge in [-0.1, -0.05) is 0 Å². The number of nitrogens with one attached hydrogen (secondary N) is 1. The molecule has 20 heavy (non-hydrogen) atoms. The van der Waals surface area contributed by atoms with Crippen LogP contribution in [0.25, 0.3) is 11.1 Å². The first-order valence-electron chi connectivity index (χ1n) is 6.33. The van der Waals surface area contributed by atoms with Crippen LogP contribution in [-0.2, 0) is 11.3 Å². The van der Waals surface area contributed by atoms with Crippen LogP contribution in [0.15, 0.2) is 4.79 Å². The molecule has 0 fully saturated rings. The van der Waals surface area contributed by atoms with Crippen molar-refractivity contribution in [2.24, 2.45) is 5.73 Å². The van der Waals surface area contributed by atoms with Gasteiger partial charge in [0.1, 0.15) is 10.7 Å². The van der Waals surface area contributed by atoms with E-state index in [1.165, 1.54) is 4.57 Å².